The number of carbonyl (C=O) groups is 1. The molecular formula is C19H29NO2. The number of nitrogens with zero attached hydrogens (tertiary/aromatic N) is 1. The van der Waals surface area contributed by atoms with Gasteiger partial charge in [-0.2, -0.15) is 0 Å². The Morgan fingerprint density at radius 1 is 1.18 bits per heavy atom. The van der Waals surface area contributed by atoms with E-state index in [1.54, 1.807) is 7.11 Å². The second-order valence-corrected chi connectivity index (χ2v) is 6.33. The molecule has 1 aliphatic heterocycles. The van der Waals surface area contributed by atoms with Crippen molar-refractivity contribution in [2.75, 3.05) is 20.2 Å². The lowest BCUT2D eigenvalue weighted by Crippen LogP contribution is -2.41. The van der Waals surface area contributed by atoms with Crippen molar-refractivity contribution in [3.8, 4) is 5.75 Å². The van der Waals surface area contributed by atoms with Crippen molar-refractivity contribution >= 4 is 5.91 Å². The molecule has 3 nitrogen and oxygen atoms in total. The number of methoxy groups -OCH3 is 1. The predicted octanol–water partition coefficient (Wildman–Crippen LogP) is 3.91. The highest BCUT2D eigenvalue weighted by Crippen LogP contribution is 2.24. The average molecular weight is 303 g/mol. The normalized spacial score (nSPS) is 16.1. The number of ether oxygens (including phenoxy) is 1. The van der Waals surface area contributed by atoms with Crippen molar-refractivity contribution in [3.63, 3.8) is 0 Å². The van der Waals surface area contributed by atoms with Gasteiger partial charge in [0.15, 0.2) is 0 Å². The highest BCUT2D eigenvalue weighted by atomic mass is 16.5. The molecule has 0 bridgehead atoms. The molecule has 1 saturated heterocycles. The van der Waals surface area contributed by atoms with Gasteiger partial charge < -0.3 is 9.64 Å². The zero-order chi connectivity index (χ0) is 15.9. The standard InChI is InChI=1S/C19H29NO2/c1-4-17(5-2)19(21)20-12-10-16(11-13-20)14-15-6-8-18(22-3)9-7-15/h6-9,16-17H,4-5,10-14H2,1-3H3. The van der Waals surface area contributed by atoms with Crippen LogP contribution in [-0.2, 0) is 11.2 Å². The number of amides is 1. The van der Waals surface area contributed by atoms with Gasteiger partial charge in [-0.05, 0) is 55.7 Å². The minimum absolute atomic E-state index is 0.220. The SMILES string of the molecule is CCC(CC)C(=O)N1CCC(Cc2ccc(OC)cc2)CC1. The van der Waals surface area contributed by atoms with E-state index < -0.39 is 0 Å². The number of hydrogen-bond donors (Lipinski definition) is 0. The molecule has 0 N–H and O–H groups in total. The van der Waals surface area contributed by atoms with Crippen LogP contribution in [0.5, 0.6) is 5.75 Å². The Morgan fingerprint density at radius 2 is 1.77 bits per heavy atom. The van der Waals surface area contributed by atoms with Crippen molar-refractivity contribution < 1.29 is 9.53 Å². The van der Waals surface area contributed by atoms with E-state index in [4.69, 9.17) is 4.74 Å². The maximum absolute atomic E-state index is 12.4. The van der Waals surface area contributed by atoms with Gasteiger partial charge in [-0.25, -0.2) is 0 Å². The van der Waals surface area contributed by atoms with Gasteiger partial charge in [0.05, 0.1) is 7.11 Å². The smallest absolute Gasteiger partial charge is 0.225 e. The van der Waals surface area contributed by atoms with Gasteiger partial charge in [0.1, 0.15) is 5.75 Å². The summed E-state index contributed by atoms with van der Waals surface area (Å²) in [4.78, 5) is 14.5. The van der Waals surface area contributed by atoms with Crippen molar-refractivity contribution in [1.82, 2.24) is 4.90 Å². The molecule has 0 unspecified atom stereocenters. The van der Waals surface area contributed by atoms with Gasteiger partial charge in [-0.15, -0.1) is 0 Å². The van der Waals surface area contributed by atoms with E-state index in [9.17, 15) is 4.79 Å². The van der Waals surface area contributed by atoms with Gasteiger partial charge in [-0.3, -0.25) is 4.79 Å². The Morgan fingerprint density at radius 3 is 2.27 bits per heavy atom. The lowest BCUT2D eigenvalue weighted by Gasteiger charge is -2.34. The molecule has 0 aromatic heterocycles. The van der Waals surface area contributed by atoms with Crippen LogP contribution in [0.15, 0.2) is 24.3 Å². The third kappa shape index (κ3) is 4.25. The molecule has 1 heterocycles. The van der Waals surface area contributed by atoms with Crippen LogP contribution in [0.1, 0.15) is 45.1 Å². The number of likely N-dealkylation sites (tertiary alicyclic amines) is 1. The number of hydrogen-bond acceptors (Lipinski definition) is 2. The first-order valence-corrected chi connectivity index (χ1v) is 8.59. The molecule has 0 spiro atoms. The van der Waals surface area contributed by atoms with E-state index >= 15 is 0 Å². The maximum atomic E-state index is 12.4. The Labute approximate surface area is 134 Å². The summed E-state index contributed by atoms with van der Waals surface area (Å²) in [5.74, 6) is 2.19. The lowest BCUT2D eigenvalue weighted by molar-refractivity contribution is -0.137. The van der Waals surface area contributed by atoms with Gasteiger partial charge >= 0.3 is 0 Å². The van der Waals surface area contributed by atoms with Crippen LogP contribution in [0.25, 0.3) is 0 Å². The molecule has 0 saturated carbocycles. The summed E-state index contributed by atoms with van der Waals surface area (Å²) < 4.78 is 5.20. The molecular weight excluding hydrogens is 274 g/mol. The second kappa shape index (κ2) is 8.21. The third-order valence-corrected chi connectivity index (χ3v) is 4.94. The van der Waals surface area contributed by atoms with Crippen molar-refractivity contribution in [1.29, 1.82) is 0 Å². The maximum Gasteiger partial charge on any atom is 0.225 e. The fourth-order valence-electron chi connectivity index (χ4n) is 3.35. The van der Waals surface area contributed by atoms with Crippen molar-refractivity contribution in [2.45, 2.75) is 46.0 Å². The Hall–Kier alpha value is -1.51. The first-order valence-electron chi connectivity index (χ1n) is 8.59. The number of benzene rings is 1. The molecule has 1 amide bonds. The Balaban J connectivity index is 1.82. The monoisotopic (exact) mass is 303 g/mol. The molecule has 1 aromatic carbocycles. The first-order chi connectivity index (χ1) is 10.7. The van der Waals surface area contributed by atoms with E-state index in [2.05, 4.69) is 30.9 Å². The van der Waals surface area contributed by atoms with Crippen LogP contribution in [0.3, 0.4) is 0 Å². The van der Waals surface area contributed by atoms with E-state index in [0.717, 1.165) is 50.9 Å². The molecule has 1 fully saturated rings. The molecule has 1 aromatic rings. The summed E-state index contributed by atoms with van der Waals surface area (Å²) in [5.41, 5.74) is 1.37. The Kier molecular flexibility index (Phi) is 6.29. The van der Waals surface area contributed by atoms with E-state index in [1.165, 1.54) is 5.56 Å². The molecule has 22 heavy (non-hydrogen) atoms. The number of rotatable bonds is 6. The van der Waals surface area contributed by atoms with Crippen molar-refractivity contribution in [2.24, 2.45) is 11.8 Å². The summed E-state index contributed by atoms with van der Waals surface area (Å²) in [6, 6.07) is 8.36. The van der Waals surface area contributed by atoms with Gasteiger partial charge in [0, 0.05) is 19.0 Å². The summed E-state index contributed by atoms with van der Waals surface area (Å²) in [5, 5.41) is 0. The zero-order valence-corrected chi connectivity index (χ0v) is 14.2. The largest absolute Gasteiger partial charge is 0.497 e. The summed E-state index contributed by atoms with van der Waals surface area (Å²) in [6.07, 6.45) is 5.27. The summed E-state index contributed by atoms with van der Waals surface area (Å²) in [7, 11) is 1.70. The predicted molar refractivity (Wildman–Crippen MR) is 90.1 cm³/mol. The fraction of sp³-hybridized carbons (Fsp3) is 0.632. The first kappa shape index (κ1) is 16.9. The van der Waals surface area contributed by atoms with Crippen LogP contribution in [-0.4, -0.2) is 31.0 Å². The number of piperidine rings is 1. The number of carbonyl (C=O) groups excluding carboxylic acids is 1. The van der Waals surface area contributed by atoms with Crippen LogP contribution in [0.4, 0.5) is 0 Å². The lowest BCUT2D eigenvalue weighted by atomic mass is 9.89. The molecule has 1 aliphatic rings. The quantitative estimate of drug-likeness (QED) is 0.797. The van der Waals surface area contributed by atoms with Crippen LogP contribution in [0, 0.1) is 11.8 Å². The van der Waals surface area contributed by atoms with Gasteiger partial charge in [-0.1, -0.05) is 26.0 Å². The second-order valence-electron chi connectivity index (χ2n) is 6.33. The van der Waals surface area contributed by atoms with Gasteiger partial charge in [0.25, 0.3) is 0 Å². The van der Waals surface area contributed by atoms with E-state index in [0.29, 0.717) is 11.8 Å². The van der Waals surface area contributed by atoms with E-state index in [-0.39, 0.29) is 5.92 Å². The van der Waals surface area contributed by atoms with Crippen molar-refractivity contribution in [3.05, 3.63) is 29.8 Å². The van der Waals surface area contributed by atoms with Gasteiger partial charge in [0.2, 0.25) is 5.91 Å². The van der Waals surface area contributed by atoms with E-state index in [1.807, 2.05) is 12.1 Å². The third-order valence-electron chi connectivity index (χ3n) is 4.94. The summed E-state index contributed by atoms with van der Waals surface area (Å²) >= 11 is 0. The highest BCUT2D eigenvalue weighted by molar-refractivity contribution is 5.78. The molecule has 2 rings (SSSR count). The summed E-state index contributed by atoms with van der Waals surface area (Å²) in [6.45, 7) is 6.08. The zero-order valence-electron chi connectivity index (χ0n) is 14.2. The molecule has 0 radical (unpaired) electrons. The topological polar surface area (TPSA) is 29.5 Å². The molecule has 0 aliphatic carbocycles. The van der Waals surface area contributed by atoms with Crippen LogP contribution >= 0.6 is 0 Å². The Bertz CT molecular complexity index is 457. The average Bonchev–Trinajstić information content (AvgIpc) is 2.57. The fourth-order valence-corrected chi connectivity index (χ4v) is 3.35. The minimum Gasteiger partial charge on any atom is -0.497 e. The minimum atomic E-state index is 0.220. The molecule has 122 valence electrons. The highest BCUT2D eigenvalue weighted by Gasteiger charge is 2.26. The van der Waals surface area contributed by atoms with Crippen LogP contribution < -0.4 is 4.74 Å². The molecule has 3 heteroatoms. The molecule has 0 atom stereocenters. The van der Waals surface area contributed by atoms with Crippen LogP contribution in [0.2, 0.25) is 0 Å².